The molecule has 0 aliphatic rings. The molecule has 2 aromatic rings. The number of hydrogen-bond acceptors (Lipinski definition) is 4. The Balaban J connectivity index is 2.12. The van der Waals surface area contributed by atoms with E-state index in [4.69, 9.17) is 9.47 Å². The average molecular weight is 335 g/mol. The molecular weight excluding hydrogens is 314 g/mol. The SMILES string of the molecule is CCCOc1ccc(/C=C(\C#N)C(=O)Oc2ccc(C)c(C)c2)cc1. The van der Waals surface area contributed by atoms with E-state index in [0.717, 1.165) is 28.9 Å². The number of carbonyl (C=O) groups is 1. The summed E-state index contributed by atoms with van der Waals surface area (Å²) in [5.41, 5.74) is 2.81. The Morgan fingerprint density at radius 3 is 2.36 bits per heavy atom. The monoisotopic (exact) mass is 335 g/mol. The van der Waals surface area contributed by atoms with Gasteiger partial charge in [0.25, 0.3) is 0 Å². The van der Waals surface area contributed by atoms with Gasteiger partial charge in [-0.05, 0) is 67.3 Å². The lowest BCUT2D eigenvalue weighted by Gasteiger charge is -2.06. The number of nitrogens with zero attached hydrogens (tertiary/aromatic N) is 1. The predicted octanol–water partition coefficient (Wildman–Crippen LogP) is 4.60. The van der Waals surface area contributed by atoms with Crippen LogP contribution in [0.1, 0.15) is 30.0 Å². The lowest BCUT2D eigenvalue weighted by Crippen LogP contribution is -2.10. The van der Waals surface area contributed by atoms with Gasteiger partial charge in [-0.1, -0.05) is 25.1 Å². The van der Waals surface area contributed by atoms with Gasteiger partial charge in [-0.25, -0.2) is 4.79 Å². The molecule has 0 unspecified atom stereocenters. The zero-order valence-electron chi connectivity index (χ0n) is 14.7. The van der Waals surface area contributed by atoms with Crippen molar-refractivity contribution in [3.05, 3.63) is 64.7 Å². The van der Waals surface area contributed by atoms with Crippen LogP contribution in [0.4, 0.5) is 0 Å². The maximum absolute atomic E-state index is 12.2. The van der Waals surface area contributed by atoms with Crippen molar-refractivity contribution in [1.82, 2.24) is 0 Å². The highest BCUT2D eigenvalue weighted by molar-refractivity contribution is 5.99. The van der Waals surface area contributed by atoms with E-state index in [1.807, 2.05) is 45.0 Å². The first-order chi connectivity index (χ1) is 12.0. The van der Waals surface area contributed by atoms with Gasteiger partial charge in [0.05, 0.1) is 6.61 Å². The molecule has 0 amide bonds. The Morgan fingerprint density at radius 1 is 1.08 bits per heavy atom. The summed E-state index contributed by atoms with van der Waals surface area (Å²) in [4.78, 5) is 12.2. The number of nitriles is 1. The van der Waals surface area contributed by atoms with Crippen molar-refractivity contribution in [2.24, 2.45) is 0 Å². The first kappa shape index (κ1) is 18.3. The molecule has 0 saturated carbocycles. The summed E-state index contributed by atoms with van der Waals surface area (Å²) in [5, 5.41) is 9.26. The highest BCUT2D eigenvalue weighted by Gasteiger charge is 2.12. The van der Waals surface area contributed by atoms with Crippen LogP contribution in [0.2, 0.25) is 0 Å². The lowest BCUT2D eigenvalue weighted by atomic mass is 10.1. The standard InChI is InChI=1S/C21H21NO3/c1-4-11-24-19-9-6-17(7-10-19)13-18(14-22)21(23)25-20-8-5-15(2)16(3)12-20/h5-10,12-13H,4,11H2,1-3H3/b18-13+. The Kier molecular flexibility index (Phi) is 6.36. The smallest absolute Gasteiger partial charge is 0.354 e. The molecule has 0 heterocycles. The molecule has 25 heavy (non-hydrogen) atoms. The Bertz CT molecular complexity index is 814. The Morgan fingerprint density at radius 2 is 1.76 bits per heavy atom. The molecular formula is C21H21NO3. The van der Waals surface area contributed by atoms with Crippen LogP contribution in [0.25, 0.3) is 6.08 Å². The molecule has 0 spiro atoms. The fraction of sp³-hybridized carbons (Fsp3) is 0.238. The normalized spacial score (nSPS) is 10.9. The van der Waals surface area contributed by atoms with Gasteiger partial charge < -0.3 is 9.47 Å². The van der Waals surface area contributed by atoms with E-state index in [0.29, 0.717) is 12.4 Å². The van der Waals surface area contributed by atoms with Crippen LogP contribution in [0, 0.1) is 25.2 Å². The molecule has 4 nitrogen and oxygen atoms in total. The van der Waals surface area contributed by atoms with Crippen molar-refractivity contribution >= 4 is 12.0 Å². The molecule has 0 N–H and O–H groups in total. The number of aryl methyl sites for hydroxylation is 2. The second-order valence-corrected chi connectivity index (χ2v) is 5.72. The van der Waals surface area contributed by atoms with E-state index in [1.54, 1.807) is 24.3 Å². The predicted molar refractivity (Wildman–Crippen MR) is 97.4 cm³/mol. The van der Waals surface area contributed by atoms with E-state index in [-0.39, 0.29) is 5.57 Å². The van der Waals surface area contributed by atoms with E-state index in [2.05, 4.69) is 0 Å². The van der Waals surface area contributed by atoms with Crippen molar-refractivity contribution in [3.63, 3.8) is 0 Å². The maximum Gasteiger partial charge on any atom is 0.354 e. The van der Waals surface area contributed by atoms with Gasteiger partial charge in [-0.15, -0.1) is 0 Å². The molecule has 0 aliphatic heterocycles. The molecule has 2 aromatic carbocycles. The fourth-order valence-electron chi connectivity index (χ4n) is 2.12. The van der Waals surface area contributed by atoms with Crippen LogP contribution in [0.3, 0.4) is 0 Å². The summed E-state index contributed by atoms with van der Waals surface area (Å²) in [7, 11) is 0. The highest BCUT2D eigenvalue weighted by atomic mass is 16.5. The van der Waals surface area contributed by atoms with Crippen molar-refractivity contribution < 1.29 is 14.3 Å². The fourth-order valence-corrected chi connectivity index (χ4v) is 2.12. The minimum Gasteiger partial charge on any atom is -0.494 e. The number of hydrogen-bond donors (Lipinski definition) is 0. The number of esters is 1. The van der Waals surface area contributed by atoms with Crippen molar-refractivity contribution in [1.29, 1.82) is 5.26 Å². The van der Waals surface area contributed by atoms with Crippen LogP contribution in [-0.2, 0) is 4.79 Å². The zero-order valence-corrected chi connectivity index (χ0v) is 14.7. The van der Waals surface area contributed by atoms with Crippen LogP contribution < -0.4 is 9.47 Å². The minimum atomic E-state index is -0.669. The van der Waals surface area contributed by atoms with E-state index in [1.165, 1.54) is 6.08 Å². The summed E-state index contributed by atoms with van der Waals surface area (Å²) in [6.07, 6.45) is 2.44. The van der Waals surface area contributed by atoms with Gasteiger partial charge in [0.1, 0.15) is 23.1 Å². The summed E-state index contributed by atoms with van der Waals surface area (Å²) in [6.45, 7) is 6.61. The molecule has 0 aromatic heterocycles. The van der Waals surface area contributed by atoms with E-state index in [9.17, 15) is 10.1 Å². The zero-order chi connectivity index (χ0) is 18.2. The van der Waals surface area contributed by atoms with Gasteiger partial charge in [-0.2, -0.15) is 5.26 Å². The maximum atomic E-state index is 12.2. The molecule has 0 radical (unpaired) electrons. The second kappa shape index (κ2) is 8.70. The summed E-state index contributed by atoms with van der Waals surface area (Å²) in [6, 6.07) is 14.5. The Hall–Kier alpha value is -3.06. The van der Waals surface area contributed by atoms with Crippen LogP contribution in [-0.4, -0.2) is 12.6 Å². The van der Waals surface area contributed by atoms with Gasteiger partial charge >= 0.3 is 5.97 Å². The third kappa shape index (κ3) is 5.22. The van der Waals surface area contributed by atoms with Crippen molar-refractivity contribution in [3.8, 4) is 17.6 Å². The minimum absolute atomic E-state index is 0.0551. The van der Waals surface area contributed by atoms with E-state index >= 15 is 0 Å². The first-order valence-electron chi connectivity index (χ1n) is 8.17. The van der Waals surface area contributed by atoms with Gasteiger partial charge in [0, 0.05) is 0 Å². The largest absolute Gasteiger partial charge is 0.494 e. The van der Waals surface area contributed by atoms with Crippen molar-refractivity contribution in [2.45, 2.75) is 27.2 Å². The summed E-state index contributed by atoms with van der Waals surface area (Å²) in [5.74, 6) is 0.518. The van der Waals surface area contributed by atoms with E-state index < -0.39 is 5.97 Å². The van der Waals surface area contributed by atoms with Gasteiger partial charge in [-0.3, -0.25) is 0 Å². The molecule has 0 atom stereocenters. The van der Waals surface area contributed by atoms with Gasteiger partial charge in [0.2, 0.25) is 0 Å². The number of benzene rings is 2. The van der Waals surface area contributed by atoms with Gasteiger partial charge in [0.15, 0.2) is 0 Å². The summed E-state index contributed by atoms with van der Waals surface area (Å²) < 4.78 is 10.8. The molecule has 2 rings (SSSR count). The third-order valence-corrected chi connectivity index (χ3v) is 3.69. The molecule has 0 saturated heterocycles. The summed E-state index contributed by atoms with van der Waals surface area (Å²) >= 11 is 0. The quantitative estimate of drug-likeness (QED) is 0.335. The van der Waals surface area contributed by atoms with Crippen LogP contribution in [0.5, 0.6) is 11.5 Å². The first-order valence-corrected chi connectivity index (χ1v) is 8.17. The Labute approximate surface area is 148 Å². The van der Waals surface area contributed by atoms with Crippen LogP contribution in [0.15, 0.2) is 48.0 Å². The molecule has 0 bridgehead atoms. The topological polar surface area (TPSA) is 59.3 Å². The molecule has 0 aliphatic carbocycles. The lowest BCUT2D eigenvalue weighted by molar-refractivity contribution is -0.129. The number of carbonyl (C=O) groups excluding carboxylic acids is 1. The molecule has 0 fully saturated rings. The average Bonchev–Trinajstić information content (AvgIpc) is 2.62. The third-order valence-electron chi connectivity index (χ3n) is 3.69. The molecule has 4 heteroatoms. The highest BCUT2D eigenvalue weighted by Crippen LogP contribution is 2.19. The number of ether oxygens (including phenoxy) is 2. The second-order valence-electron chi connectivity index (χ2n) is 5.72. The molecule has 128 valence electrons. The number of rotatable bonds is 6. The van der Waals surface area contributed by atoms with Crippen LogP contribution >= 0.6 is 0 Å². The van der Waals surface area contributed by atoms with Crippen molar-refractivity contribution in [2.75, 3.05) is 6.61 Å².